The van der Waals surface area contributed by atoms with Gasteiger partial charge in [-0.3, -0.25) is 4.79 Å². The van der Waals surface area contributed by atoms with Crippen LogP contribution in [-0.2, 0) is 4.79 Å². The first-order valence-corrected chi connectivity index (χ1v) is 5.34. The molecule has 2 rings (SSSR count). The molecule has 0 bridgehead atoms. The van der Waals surface area contributed by atoms with E-state index in [-0.39, 0.29) is 5.41 Å². The summed E-state index contributed by atoms with van der Waals surface area (Å²) in [5.41, 5.74) is 0.208. The largest absolute Gasteiger partial charge is 0.336 e. The molecule has 0 unspecified atom stereocenters. The minimum atomic E-state index is -0.143. The second-order valence-electron chi connectivity index (χ2n) is 5.17. The first kappa shape index (κ1) is 9.04. The van der Waals surface area contributed by atoms with Crippen LogP contribution >= 0.6 is 0 Å². The maximum absolute atomic E-state index is 12.1. The molecule has 2 nitrogen and oxygen atoms in total. The fraction of sp³-hybridized carbons (Fsp3) is 0.909. The zero-order chi connectivity index (χ0) is 9.69. The number of amides is 1. The molecular weight excluding hydrogens is 162 g/mol. The van der Waals surface area contributed by atoms with E-state index < -0.39 is 0 Å². The van der Waals surface area contributed by atoms with E-state index >= 15 is 0 Å². The van der Waals surface area contributed by atoms with Gasteiger partial charge in [-0.15, -0.1) is 0 Å². The Morgan fingerprint density at radius 1 is 1.38 bits per heavy atom. The molecule has 1 spiro atoms. The highest BCUT2D eigenvalue weighted by Crippen LogP contribution is 2.52. The summed E-state index contributed by atoms with van der Waals surface area (Å²) in [5, 5.41) is 0. The van der Waals surface area contributed by atoms with Crippen molar-refractivity contribution in [2.24, 2.45) is 5.41 Å². The van der Waals surface area contributed by atoms with Crippen LogP contribution < -0.4 is 0 Å². The van der Waals surface area contributed by atoms with E-state index in [1.54, 1.807) is 0 Å². The third kappa shape index (κ3) is 1.18. The maximum Gasteiger partial charge on any atom is 0.228 e. The van der Waals surface area contributed by atoms with Crippen molar-refractivity contribution < 1.29 is 4.79 Å². The van der Waals surface area contributed by atoms with Gasteiger partial charge in [-0.25, -0.2) is 0 Å². The molecule has 1 saturated carbocycles. The van der Waals surface area contributed by atoms with Crippen LogP contribution in [0.1, 0.15) is 46.5 Å². The molecule has 1 heterocycles. The molecule has 0 atom stereocenters. The van der Waals surface area contributed by atoms with Gasteiger partial charge < -0.3 is 4.90 Å². The van der Waals surface area contributed by atoms with Crippen LogP contribution in [0.2, 0.25) is 0 Å². The van der Waals surface area contributed by atoms with Gasteiger partial charge in [0.2, 0.25) is 5.91 Å². The van der Waals surface area contributed by atoms with Crippen LogP contribution in [0, 0.1) is 5.41 Å². The molecule has 0 radical (unpaired) electrons. The maximum atomic E-state index is 12.1. The molecular formula is C11H19NO. The lowest BCUT2D eigenvalue weighted by atomic mass is 9.85. The normalized spacial score (nSPS) is 24.4. The van der Waals surface area contributed by atoms with E-state index in [0.29, 0.717) is 11.4 Å². The zero-order valence-electron chi connectivity index (χ0n) is 8.89. The van der Waals surface area contributed by atoms with Crippen molar-refractivity contribution >= 4 is 5.91 Å². The monoisotopic (exact) mass is 181 g/mol. The van der Waals surface area contributed by atoms with Crippen molar-refractivity contribution in [2.75, 3.05) is 6.54 Å². The van der Waals surface area contributed by atoms with Gasteiger partial charge in [0.25, 0.3) is 0 Å². The van der Waals surface area contributed by atoms with E-state index in [9.17, 15) is 4.79 Å². The van der Waals surface area contributed by atoms with E-state index in [1.807, 2.05) is 0 Å². The molecule has 2 aliphatic rings. The Bertz CT molecular complexity index is 240. The summed E-state index contributed by atoms with van der Waals surface area (Å²) in [6.07, 6.45) is 4.69. The van der Waals surface area contributed by atoms with E-state index in [4.69, 9.17) is 0 Å². The van der Waals surface area contributed by atoms with E-state index in [2.05, 4.69) is 25.7 Å². The molecule has 1 amide bonds. The number of rotatable bonds is 2. The van der Waals surface area contributed by atoms with Gasteiger partial charge in [0, 0.05) is 17.5 Å². The number of hydrogen-bond acceptors (Lipinski definition) is 1. The van der Waals surface area contributed by atoms with E-state index in [1.165, 1.54) is 19.3 Å². The van der Waals surface area contributed by atoms with Crippen LogP contribution in [0.25, 0.3) is 0 Å². The molecule has 1 saturated heterocycles. The van der Waals surface area contributed by atoms with Gasteiger partial charge in [-0.1, -0.05) is 20.8 Å². The van der Waals surface area contributed by atoms with Crippen LogP contribution in [0.4, 0.5) is 0 Å². The number of likely N-dealkylation sites (tertiary alicyclic amines) is 1. The number of nitrogens with zero attached hydrogens (tertiary/aromatic N) is 1. The van der Waals surface area contributed by atoms with Gasteiger partial charge >= 0.3 is 0 Å². The Kier molecular flexibility index (Phi) is 1.73. The summed E-state index contributed by atoms with van der Waals surface area (Å²) in [7, 11) is 0. The summed E-state index contributed by atoms with van der Waals surface area (Å²) in [5.74, 6) is 0.374. The van der Waals surface area contributed by atoms with E-state index in [0.717, 1.165) is 13.0 Å². The van der Waals surface area contributed by atoms with Crippen molar-refractivity contribution in [1.82, 2.24) is 4.90 Å². The smallest absolute Gasteiger partial charge is 0.228 e. The molecule has 13 heavy (non-hydrogen) atoms. The van der Waals surface area contributed by atoms with Crippen molar-refractivity contribution in [3.05, 3.63) is 0 Å². The molecule has 1 aliphatic carbocycles. The standard InChI is InChI=1S/C11H19NO/c1-4-10(2,3)9(13)12-8-7-11(12)5-6-11/h4-8H2,1-3H3. The highest BCUT2D eigenvalue weighted by atomic mass is 16.2. The molecule has 1 aliphatic heterocycles. The number of hydrogen-bond donors (Lipinski definition) is 0. The average molecular weight is 181 g/mol. The molecule has 0 aromatic carbocycles. The fourth-order valence-corrected chi connectivity index (χ4v) is 2.04. The zero-order valence-corrected chi connectivity index (χ0v) is 8.89. The van der Waals surface area contributed by atoms with Gasteiger partial charge in [-0.2, -0.15) is 0 Å². The molecule has 2 fully saturated rings. The molecule has 0 N–H and O–H groups in total. The lowest BCUT2D eigenvalue weighted by molar-refractivity contribution is -0.150. The summed E-state index contributed by atoms with van der Waals surface area (Å²) >= 11 is 0. The quantitative estimate of drug-likeness (QED) is 0.639. The lowest BCUT2D eigenvalue weighted by Crippen LogP contribution is -2.56. The average Bonchev–Trinajstić information content (AvgIpc) is 2.83. The Morgan fingerprint density at radius 3 is 2.31 bits per heavy atom. The Balaban J connectivity index is 2.05. The van der Waals surface area contributed by atoms with Crippen LogP contribution in [0.3, 0.4) is 0 Å². The van der Waals surface area contributed by atoms with Crippen LogP contribution in [0.15, 0.2) is 0 Å². The predicted octanol–water partition coefficient (Wildman–Crippen LogP) is 2.19. The first-order chi connectivity index (χ1) is 6.02. The molecule has 74 valence electrons. The highest BCUT2D eigenvalue weighted by Gasteiger charge is 2.57. The second-order valence-corrected chi connectivity index (χ2v) is 5.17. The molecule has 0 aromatic rings. The van der Waals surface area contributed by atoms with Gasteiger partial charge in [0.15, 0.2) is 0 Å². The summed E-state index contributed by atoms with van der Waals surface area (Å²) in [4.78, 5) is 14.2. The van der Waals surface area contributed by atoms with Crippen LogP contribution in [0.5, 0.6) is 0 Å². The highest BCUT2D eigenvalue weighted by molar-refractivity contribution is 5.84. The Labute approximate surface area is 80.3 Å². The SMILES string of the molecule is CCC(C)(C)C(=O)N1CCC12CC2. The summed E-state index contributed by atoms with van der Waals surface area (Å²) in [6.45, 7) is 7.22. The Hall–Kier alpha value is -0.530. The fourth-order valence-electron chi connectivity index (χ4n) is 2.04. The second kappa shape index (κ2) is 2.49. The molecule has 2 heteroatoms. The summed E-state index contributed by atoms with van der Waals surface area (Å²) < 4.78 is 0. The van der Waals surface area contributed by atoms with Crippen LogP contribution in [-0.4, -0.2) is 22.9 Å². The molecule has 0 aromatic heterocycles. The first-order valence-electron chi connectivity index (χ1n) is 5.34. The number of carbonyl (C=O) groups is 1. The van der Waals surface area contributed by atoms with Crippen molar-refractivity contribution in [3.63, 3.8) is 0 Å². The third-order valence-electron chi connectivity index (χ3n) is 3.91. The van der Waals surface area contributed by atoms with Gasteiger partial charge in [0.1, 0.15) is 0 Å². The minimum absolute atomic E-state index is 0.143. The Morgan fingerprint density at radius 2 is 2.00 bits per heavy atom. The predicted molar refractivity (Wildman–Crippen MR) is 52.4 cm³/mol. The van der Waals surface area contributed by atoms with Gasteiger partial charge in [0.05, 0.1) is 0 Å². The van der Waals surface area contributed by atoms with Gasteiger partial charge in [-0.05, 0) is 25.7 Å². The topological polar surface area (TPSA) is 20.3 Å². The third-order valence-corrected chi connectivity index (χ3v) is 3.91. The number of carbonyl (C=O) groups excluding carboxylic acids is 1. The lowest BCUT2D eigenvalue weighted by Gasteiger charge is -2.45. The van der Waals surface area contributed by atoms with Crippen molar-refractivity contribution in [2.45, 2.75) is 52.0 Å². The van der Waals surface area contributed by atoms with Crippen molar-refractivity contribution in [3.8, 4) is 0 Å². The minimum Gasteiger partial charge on any atom is -0.336 e. The summed E-state index contributed by atoms with van der Waals surface area (Å²) in [6, 6.07) is 0. The van der Waals surface area contributed by atoms with Crippen molar-refractivity contribution in [1.29, 1.82) is 0 Å².